The fourth-order valence-electron chi connectivity index (χ4n) is 3.70. The number of amides is 3. The predicted octanol–water partition coefficient (Wildman–Crippen LogP) is -0.322. The first-order valence-corrected chi connectivity index (χ1v) is 9.73. The van der Waals surface area contributed by atoms with Gasteiger partial charge in [-0.25, -0.2) is 9.07 Å². The molecule has 0 radical (unpaired) electrons. The second-order valence-corrected chi connectivity index (χ2v) is 7.51. The molecular weight excluding hydrogens is 421 g/mol. The van der Waals surface area contributed by atoms with E-state index in [9.17, 15) is 23.9 Å². The molecule has 2 atom stereocenters. The van der Waals surface area contributed by atoms with Gasteiger partial charge in [-0.05, 0) is 18.2 Å². The highest BCUT2D eigenvalue weighted by molar-refractivity contribution is 6.06. The van der Waals surface area contributed by atoms with E-state index in [-0.39, 0.29) is 34.8 Å². The maximum absolute atomic E-state index is 15.0. The lowest BCUT2D eigenvalue weighted by Gasteiger charge is -2.13. The van der Waals surface area contributed by atoms with E-state index in [2.05, 4.69) is 22.3 Å². The van der Waals surface area contributed by atoms with Crippen molar-refractivity contribution in [1.82, 2.24) is 20.0 Å². The van der Waals surface area contributed by atoms with Crippen LogP contribution in [0.4, 0.5) is 4.39 Å². The molecule has 0 aliphatic carbocycles. The molecule has 3 amide bonds. The van der Waals surface area contributed by atoms with Crippen molar-refractivity contribution in [3.05, 3.63) is 40.7 Å². The Bertz CT molecular complexity index is 1210. The lowest BCUT2D eigenvalue weighted by atomic mass is 10.0. The molecule has 10 nitrogen and oxygen atoms in total. The third-order valence-corrected chi connectivity index (χ3v) is 5.40. The highest BCUT2D eigenvalue weighted by atomic mass is 19.1. The number of benzene rings is 1. The number of aliphatic hydroxyl groups is 1. The number of alkyl halides is 1. The molecule has 166 valence electrons. The van der Waals surface area contributed by atoms with Crippen LogP contribution in [0.3, 0.4) is 0 Å². The van der Waals surface area contributed by atoms with Gasteiger partial charge in [0.15, 0.2) is 11.9 Å². The molecule has 1 aromatic heterocycles. The van der Waals surface area contributed by atoms with Crippen molar-refractivity contribution in [2.24, 2.45) is 5.73 Å². The van der Waals surface area contributed by atoms with E-state index in [4.69, 9.17) is 10.5 Å². The Labute approximate surface area is 182 Å². The van der Waals surface area contributed by atoms with Gasteiger partial charge in [0.1, 0.15) is 18.0 Å². The normalized spacial score (nSPS) is 21.6. The summed E-state index contributed by atoms with van der Waals surface area (Å²) >= 11 is 0. The van der Waals surface area contributed by atoms with E-state index in [0.717, 1.165) is 4.68 Å². The van der Waals surface area contributed by atoms with Gasteiger partial charge < -0.3 is 25.8 Å². The van der Waals surface area contributed by atoms with Gasteiger partial charge in [-0.2, -0.15) is 5.10 Å². The third-order valence-electron chi connectivity index (χ3n) is 5.40. The average Bonchev–Trinajstić information content (AvgIpc) is 3.26. The van der Waals surface area contributed by atoms with Crippen molar-refractivity contribution in [2.75, 3.05) is 27.2 Å². The molecule has 0 saturated carbocycles. The number of nitrogens with zero attached hydrogens (tertiary/aromatic N) is 3. The summed E-state index contributed by atoms with van der Waals surface area (Å²) in [6.07, 6.45) is -1.59. The zero-order chi connectivity index (χ0) is 23.2. The molecule has 11 heteroatoms. The monoisotopic (exact) mass is 441 g/mol. The van der Waals surface area contributed by atoms with E-state index in [1.54, 1.807) is 13.1 Å². The van der Waals surface area contributed by atoms with Gasteiger partial charge in [-0.1, -0.05) is 11.8 Å². The molecule has 2 aliphatic rings. The molecule has 0 bridgehead atoms. The first-order valence-electron chi connectivity index (χ1n) is 9.73. The number of carbonyl (C=O) groups excluding carboxylic acids is 3. The van der Waals surface area contributed by atoms with Crippen LogP contribution in [0.15, 0.2) is 18.2 Å². The average molecular weight is 441 g/mol. The summed E-state index contributed by atoms with van der Waals surface area (Å²) in [5.74, 6) is 3.42. The van der Waals surface area contributed by atoms with Gasteiger partial charge in [-0.15, -0.1) is 0 Å². The van der Waals surface area contributed by atoms with E-state index >= 15 is 0 Å². The maximum Gasteiger partial charge on any atom is 0.270 e. The first kappa shape index (κ1) is 21.3. The topological polar surface area (TPSA) is 140 Å². The summed E-state index contributed by atoms with van der Waals surface area (Å²) in [6.45, 7) is -0.0265. The second kappa shape index (κ2) is 7.65. The van der Waals surface area contributed by atoms with Crippen LogP contribution in [-0.4, -0.2) is 70.4 Å². The number of nitrogens with one attached hydrogen (secondary N) is 1. The summed E-state index contributed by atoms with van der Waals surface area (Å²) in [6, 6.07) is 4.61. The predicted molar refractivity (Wildman–Crippen MR) is 109 cm³/mol. The number of ether oxygens (including phenoxy) is 1. The first-order chi connectivity index (χ1) is 15.2. The van der Waals surface area contributed by atoms with Crippen LogP contribution in [0.25, 0.3) is 5.69 Å². The smallest absolute Gasteiger partial charge is 0.270 e. The van der Waals surface area contributed by atoms with E-state index in [0.29, 0.717) is 12.1 Å². The molecule has 32 heavy (non-hydrogen) atoms. The molecule has 1 fully saturated rings. The molecule has 4 rings (SSSR count). The van der Waals surface area contributed by atoms with Gasteiger partial charge in [0.25, 0.3) is 17.7 Å². The Hall–Kier alpha value is -3.91. The van der Waals surface area contributed by atoms with E-state index in [1.807, 2.05) is 0 Å². The summed E-state index contributed by atoms with van der Waals surface area (Å²) in [5.41, 5.74) is 3.38. The fourth-order valence-corrected chi connectivity index (χ4v) is 3.70. The summed E-state index contributed by atoms with van der Waals surface area (Å²) < 4.78 is 21.6. The summed E-state index contributed by atoms with van der Waals surface area (Å²) in [4.78, 5) is 37.8. The van der Waals surface area contributed by atoms with Gasteiger partial charge in [0.05, 0.1) is 11.3 Å². The van der Waals surface area contributed by atoms with Crippen molar-refractivity contribution >= 4 is 17.7 Å². The molecule has 0 unspecified atom stereocenters. The number of primary amides is 1. The van der Waals surface area contributed by atoms with Crippen molar-refractivity contribution in [2.45, 2.75) is 18.2 Å². The van der Waals surface area contributed by atoms with Gasteiger partial charge in [0.2, 0.25) is 5.60 Å². The SMILES string of the molecule is CNC(=O)c1c(C(N)=O)nn2c1[C@@H](F)COc1ccc(C#C[C@]3(O)CCN(C)C3=O)cc1-2. The van der Waals surface area contributed by atoms with Crippen molar-refractivity contribution < 1.29 is 28.6 Å². The Morgan fingerprint density at radius 2 is 2.19 bits per heavy atom. The molecular formula is C21H20FN5O5. The van der Waals surface area contributed by atoms with E-state index < -0.39 is 36.1 Å². The van der Waals surface area contributed by atoms with Crippen LogP contribution in [0, 0.1) is 11.8 Å². The van der Waals surface area contributed by atoms with Crippen LogP contribution in [0.5, 0.6) is 5.75 Å². The minimum atomic E-state index is -1.79. The van der Waals surface area contributed by atoms with Gasteiger partial charge in [0, 0.05) is 32.6 Å². The quantitative estimate of drug-likeness (QED) is 0.546. The van der Waals surface area contributed by atoms with Gasteiger partial charge in [-0.3, -0.25) is 14.4 Å². The fraction of sp³-hybridized carbons (Fsp3) is 0.333. The van der Waals surface area contributed by atoms with Crippen molar-refractivity contribution in [1.29, 1.82) is 0 Å². The number of fused-ring (bicyclic) bond motifs is 3. The minimum Gasteiger partial charge on any atom is -0.488 e. The summed E-state index contributed by atoms with van der Waals surface area (Å²) in [5, 5.41) is 17.0. The standard InChI is InChI=1S/C21H20FN5O5/c1-24-19(29)15-16(18(23)28)25-27-13-9-11(3-4-14(13)32-10-12(22)17(15)27)5-6-21(31)7-8-26(2)20(21)30/h3-4,9,12,31H,7-8,10H2,1-2H3,(H2,23,28)(H,24,29)/t12-,21-/m0/s1. The van der Waals surface area contributed by atoms with Crippen LogP contribution in [0.2, 0.25) is 0 Å². The zero-order valence-electron chi connectivity index (χ0n) is 17.3. The Morgan fingerprint density at radius 1 is 1.44 bits per heavy atom. The molecule has 1 saturated heterocycles. The number of aromatic nitrogens is 2. The third kappa shape index (κ3) is 3.34. The molecule has 2 aromatic rings. The molecule has 1 aromatic carbocycles. The molecule has 2 aliphatic heterocycles. The van der Waals surface area contributed by atoms with Gasteiger partial charge >= 0.3 is 0 Å². The highest BCUT2D eigenvalue weighted by Crippen LogP contribution is 2.35. The lowest BCUT2D eigenvalue weighted by Crippen LogP contribution is -2.37. The Kier molecular flexibility index (Phi) is 5.10. The highest BCUT2D eigenvalue weighted by Gasteiger charge is 2.42. The van der Waals surface area contributed by atoms with Crippen molar-refractivity contribution in [3.8, 4) is 23.3 Å². The zero-order valence-corrected chi connectivity index (χ0v) is 17.3. The second-order valence-electron chi connectivity index (χ2n) is 7.51. The Morgan fingerprint density at radius 3 is 2.81 bits per heavy atom. The van der Waals surface area contributed by atoms with Crippen LogP contribution in [0.1, 0.15) is 44.7 Å². The molecule has 3 heterocycles. The van der Waals surface area contributed by atoms with Crippen molar-refractivity contribution in [3.63, 3.8) is 0 Å². The van der Waals surface area contributed by atoms with Crippen LogP contribution >= 0.6 is 0 Å². The Balaban J connectivity index is 1.85. The number of rotatable bonds is 2. The molecule has 0 spiro atoms. The molecule has 4 N–H and O–H groups in total. The van der Waals surface area contributed by atoms with E-state index in [1.165, 1.54) is 24.1 Å². The number of likely N-dealkylation sites (tertiary alicyclic amines) is 1. The largest absolute Gasteiger partial charge is 0.488 e. The number of halogens is 1. The van der Waals surface area contributed by atoms with Crippen LogP contribution in [-0.2, 0) is 4.79 Å². The number of likely N-dealkylation sites (N-methyl/N-ethyl adjacent to an activating group) is 1. The number of nitrogens with two attached hydrogens (primary N) is 1. The summed E-state index contributed by atoms with van der Waals surface area (Å²) in [7, 11) is 2.92. The number of hydrogen-bond acceptors (Lipinski definition) is 6. The number of carbonyl (C=O) groups is 3. The van der Waals surface area contributed by atoms with Crippen LogP contribution < -0.4 is 15.8 Å². The maximum atomic E-state index is 15.0. The number of hydrogen-bond donors (Lipinski definition) is 3. The minimum absolute atomic E-state index is 0.173. The lowest BCUT2D eigenvalue weighted by molar-refractivity contribution is -0.137.